The van der Waals surface area contributed by atoms with E-state index in [0.717, 1.165) is 22.6 Å². The number of para-hydroxylation sites is 2. The highest BCUT2D eigenvalue weighted by molar-refractivity contribution is 7.80. The Hall–Kier alpha value is -2.73. The molecule has 3 aromatic rings. The van der Waals surface area contributed by atoms with Gasteiger partial charge in [-0.15, -0.1) is 0 Å². The van der Waals surface area contributed by atoms with Crippen molar-refractivity contribution in [3.8, 4) is 11.5 Å². The molecule has 0 radical (unpaired) electrons. The Balaban J connectivity index is 1.72. The van der Waals surface area contributed by atoms with E-state index in [2.05, 4.69) is 46.1 Å². The Morgan fingerprint density at radius 3 is 2.68 bits per heavy atom. The Labute approximate surface area is 170 Å². The van der Waals surface area contributed by atoms with Crippen LogP contribution in [-0.2, 0) is 0 Å². The molecule has 1 saturated carbocycles. The summed E-state index contributed by atoms with van der Waals surface area (Å²) in [6, 6.07) is 14.9. The van der Waals surface area contributed by atoms with E-state index in [1.807, 2.05) is 18.2 Å². The predicted octanol–water partition coefficient (Wildman–Crippen LogP) is 3.94. The van der Waals surface area contributed by atoms with E-state index in [9.17, 15) is 0 Å². The second-order valence-corrected chi connectivity index (χ2v) is 7.46. The third kappa shape index (κ3) is 3.78. The number of ether oxygens (including phenoxy) is 2. The van der Waals surface area contributed by atoms with E-state index in [-0.39, 0.29) is 5.92 Å². The summed E-state index contributed by atoms with van der Waals surface area (Å²) in [6.45, 7) is 0.657. The van der Waals surface area contributed by atoms with Gasteiger partial charge in [0.25, 0.3) is 0 Å². The first-order valence-corrected chi connectivity index (χ1v) is 9.93. The van der Waals surface area contributed by atoms with Crippen LogP contribution in [0.3, 0.4) is 0 Å². The number of nitrogens with one attached hydrogen (secondary N) is 3. The van der Waals surface area contributed by atoms with Gasteiger partial charge in [-0.05, 0) is 42.8 Å². The molecule has 5 nitrogen and oxygen atoms in total. The number of aromatic nitrogens is 1. The molecule has 0 unspecified atom stereocenters. The molecule has 3 N–H and O–H groups in total. The molecule has 1 aliphatic rings. The van der Waals surface area contributed by atoms with Gasteiger partial charge in [0.2, 0.25) is 0 Å². The molecule has 28 heavy (non-hydrogen) atoms. The molecule has 0 aliphatic heterocycles. The van der Waals surface area contributed by atoms with E-state index < -0.39 is 0 Å². The minimum atomic E-state index is 0.0418. The number of hydrogen-bond donors (Lipinski definition) is 3. The second kappa shape index (κ2) is 8.10. The molecule has 0 spiro atoms. The number of fused-ring (bicyclic) bond motifs is 1. The lowest BCUT2D eigenvalue weighted by Gasteiger charge is -2.22. The number of benzene rings is 2. The summed E-state index contributed by atoms with van der Waals surface area (Å²) in [7, 11) is 3.34. The minimum absolute atomic E-state index is 0.0418. The van der Waals surface area contributed by atoms with Crippen molar-refractivity contribution < 1.29 is 9.47 Å². The molecular formula is C22H25N3O2S. The first kappa shape index (κ1) is 18.6. The van der Waals surface area contributed by atoms with Crippen molar-refractivity contribution in [2.75, 3.05) is 20.8 Å². The molecule has 1 atom stereocenters. The first-order chi connectivity index (χ1) is 13.7. The summed E-state index contributed by atoms with van der Waals surface area (Å²) in [6.07, 6.45) is 4.46. The van der Waals surface area contributed by atoms with Gasteiger partial charge in [0.05, 0.1) is 14.2 Å². The largest absolute Gasteiger partial charge is 0.493 e. The summed E-state index contributed by atoms with van der Waals surface area (Å²) in [5.41, 5.74) is 3.38. The average molecular weight is 396 g/mol. The van der Waals surface area contributed by atoms with Crippen LogP contribution in [0.25, 0.3) is 10.9 Å². The molecule has 0 saturated heterocycles. The van der Waals surface area contributed by atoms with Gasteiger partial charge in [-0.1, -0.05) is 30.3 Å². The van der Waals surface area contributed by atoms with E-state index in [0.29, 0.717) is 17.7 Å². The maximum Gasteiger partial charge on any atom is 0.166 e. The number of hydrogen-bond acceptors (Lipinski definition) is 3. The van der Waals surface area contributed by atoms with Crippen LogP contribution >= 0.6 is 12.2 Å². The Bertz CT molecular complexity index is 981. The lowest BCUT2D eigenvalue weighted by atomic mass is 9.90. The van der Waals surface area contributed by atoms with Crippen LogP contribution < -0.4 is 20.1 Å². The van der Waals surface area contributed by atoms with Crippen molar-refractivity contribution in [1.29, 1.82) is 0 Å². The summed E-state index contributed by atoms with van der Waals surface area (Å²) in [4.78, 5) is 3.39. The predicted molar refractivity (Wildman–Crippen MR) is 116 cm³/mol. The van der Waals surface area contributed by atoms with Crippen molar-refractivity contribution in [2.24, 2.45) is 0 Å². The zero-order valence-electron chi connectivity index (χ0n) is 16.1. The van der Waals surface area contributed by atoms with Crippen molar-refractivity contribution in [3.63, 3.8) is 0 Å². The van der Waals surface area contributed by atoms with Crippen molar-refractivity contribution in [1.82, 2.24) is 15.6 Å². The normalized spacial score (nSPS) is 14.5. The molecule has 1 fully saturated rings. The van der Waals surface area contributed by atoms with E-state index in [1.165, 1.54) is 23.8 Å². The summed E-state index contributed by atoms with van der Waals surface area (Å²) >= 11 is 5.49. The first-order valence-electron chi connectivity index (χ1n) is 9.52. The Morgan fingerprint density at radius 1 is 1.11 bits per heavy atom. The van der Waals surface area contributed by atoms with Crippen LogP contribution in [0.2, 0.25) is 0 Å². The summed E-state index contributed by atoms with van der Waals surface area (Å²) in [5.74, 6) is 1.52. The van der Waals surface area contributed by atoms with Gasteiger partial charge < -0.3 is 25.1 Å². The van der Waals surface area contributed by atoms with Gasteiger partial charge in [-0.2, -0.15) is 0 Å². The Kier molecular flexibility index (Phi) is 5.39. The molecule has 0 amide bonds. The van der Waals surface area contributed by atoms with E-state index in [4.69, 9.17) is 21.7 Å². The number of H-pyrrole nitrogens is 1. The van der Waals surface area contributed by atoms with Crippen molar-refractivity contribution in [3.05, 3.63) is 59.8 Å². The second-order valence-electron chi connectivity index (χ2n) is 7.05. The molecular weight excluding hydrogens is 370 g/mol. The third-order valence-electron chi connectivity index (χ3n) is 5.18. The maximum atomic E-state index is 5.73. The quantitative estimate of drug-likeness (QED) is 0.529. The van der Waals surface area contributed by atoms with Crippen LogP contribution in [0.5, 0.6) is 11.5 Å². The van der Waals surface area contributed by atoms with E-state index in [1.54, 1.807) is 14.2 Å². The fourth-order valence-corrected chi connectivity index (χ4v) is 3.86. The molecule has 4 rings (SSSR count). The molecule has 6 heteroatoms. The molecule has 1 aromatic heterocycles. The maximum absolute atomic E-state index is 5.73. The smallest absolute Gasteiger partial charge is 0.166 e. The zero-order chi connectivity index (χ0) is 19.5. The lowest BCUT2D eigenvalue weighted by molar-refractivity contribution is 0.350. The van der Waals surface area contributed by atoms with Crippen molar-refractivity contribution in [2.45, 2.75) is 24.8 Å². The standard InChI is InChI=1S/C22H25N3O2S/c1-26-20-9-5-7-16(21(20)27-2)18(13-24-22(28)25-14-10-11-14)17-12-23-19-8-4-3-6-15(17)19/h3-9,12,14,18,23H,10-11,13H2,1-2H3,(H2,24,25,28)/t18-/m1/s1. The molecule has 2 aromatic carbocycles. The highest BCUT2D eigenvalue weighted by Gasteiger charge is 2.25. The number of thiocarbonyl (C=S) groups is 1. The number of rotatable bonds is 7. The van der Waals surface area contributed by atoms with Gasteiger partial charge >= 0.3 is 0 Å². The van der Waals surface area contributed by atoms with Crippen LogP contribution in [0.1, 0.15) is 29.9 Å². The van der Waals surface area contributed by atoms with Gasteiger partial charge in [0.15, 0.2) is 16.6 Å². The van der Waals surface area contributed by atoms with Crippen LogP contribution in [0.15, 0.2) is 48.7 Å². The van der Waals surface area contributed by atoms with Gasteiger partial charge in [-0.3, -0.25) is 0 Å². The fourth-order valence-electron chi connectivity index (χ4n) is 3.61. The molecule has 1 heterocycles. The SMILES string of the molecule is COc1cccc([C@@H](CNC(=S)NC2CC2)c2c[nH]c3ccccc23)c1OC. The van der Waals surface area contributed by atoms with E-state index >= 15 is 0 Å². The highest BCUT2D eigenvalue weighted by Crippen LogP contribution is 2.40. The van der Waals surface area contributed by atoms with Crippen LogP contribution in [0, 0.1) is 0 Å². The lowest BCUT2D eigenvalue weighted by Crippen LogP contribution is -2.38. The topological polar surface area (TPSA) is 58.3 Å². The van der Waals surface area contributed by atoms with Gasteiger partial charge in [0, 0.05) is 41.2 Å². The summed E-state index contributed by atoms with van der Waals surface area (Å²) in [5, 5.41) is 8.65. The number of aromatic amines is 1. The third-order valence-corrected chi connectivity index (χ3v) is 5.45. The molecule has 1 aliphatic carbocycles. The van der Waals surface area contributed by atoms with Gasteiger partial charge in [-0.25, -0.2) is 0 Å². The zero-order valence-corrected chi connectivity index (χ0v) is 16.9. The van der Waals surface area contributed by atoms with Crippen molar-refractivity contribution >= 4 is 28.2 Å². The fraction of sp³-hybridized carbons (Fsp3) is 0.318. The highest BCUT2D eigenvalue weighted by atomic mass is 32.1. The number of methoxy groups -OCH3 is 2. The average Bonchev–Trinajstić information content (AvgIpc) is 3.44. The van der Waals surface area contributed by atoms with Gasteiger partial charge in [0.1, 0.15) is 0 Å². The Morgan fingerprint density at radius 2 is 1.93 bits per heavy atom. The summed E-state index contributed by atoms with van der Waals surface area (Å²) < 4.78 is 11.3. The van der Waals surface area contributed by atoms with Crippen LogP contribution in [0.4, 0.5) is 0 Å². The van der Waals surface area contributed by atoms with Crippen LogP contribution in [-0.4, -0.2) is 36.9 Å². The minimum Gasteiger partial charge on any atom is -0.493 e. The monoisotopic (exact) mass is 395 g/mol. The molecule has 146 valence electrons. The molecule has 0 bridgehead atoms.